The highest BCUT2D eigenvalue weighted by molar-refractivity contribution is 6.40. The van der Waals surface area contributed by atoms with Crippen LogP contribution in [-0.4, -0.2) is 34.1 Å². The van der Waals surface area contributed by atoms with Crippen LogP contribution in [-0.2, 0) is 0 Å². The van der Waals surface area contributed by atoms with Crippen LogP contribution in [0.1, 0.15) is 0 Å². The molecule has 5 aromatic heterocycles. The van der Waals surface area contributed by atoms with Gasteiger partial charge in [-0.2, -0.15) is 0 Å². The van der Waals surface area contributed by atoms with Crippen LogP contribution in [0.15, 0.2) is 221 Å². The average molecular weight is 862 g/mol. The number of hydrogen-bond donors (Lipinski definition) is 0. The van der Waals surface area contributed by atoms with Crippen LogP contribution in [0.5, 0.6) is 0 Å². The molecular formula is C58H35N7O2. The van der Waals surface area contributed by atoms with Crippen molar-refractivity contribution >= 4 is 65.4 Å². The summed E-state index contributed by atoms with van der Waals surface area (Å²) in [7, 11) is 0. The van der Waals surface area contributed by atoms with Crippen LogP contribution in [0.25, 0.3) is 128 Å². The second-order valence-corrected chi connectivity index (χ2v) is 16.7. The van der Waals surface area contributed by atoms with Gasteiger partial charge < -0.3 is 22.5 Å². The zero-order chi connectivity index (χ0) is 44.0. The van der Waals surface area contributed by atoms with E-state index in [9.17, 15) is 0 Å². The highest BCUT2D eigenvalue weighted by Crippen LogP contribution is 2.50. The molecule has 0 atom stereocenters. The predicted octanol–water partition coefficient (Wildman–Crippen LogP) is 14.4. The second kappa shape index (κ2) is 14.6. The monoisotopic (exact) mass is 861 g/mol. The van der Waals surface area contributed by atoms with Crippen LogP contribution >= 0.6 is 0 Å². The normalized spacial score (nSPS) is 11.9. The van der Waals surface area contributed by atoms with E-state index in [2.05, 4.69) is 186 Å². The summed E-state index contributed by atoms with van der Waals surface area (Å²) < 4.78 is 19.8. The molecule has 0 saturated heterocycles. The van der Waals surface area contributed by atoms with Gasteiger partial charge in [-0.15, -0.1) is 20.4 Å². The molecule has 0 unspecified atom stereocenters. The zero-order valence-corrected chi connectivity index (χ0v) is 35.7. The summed E-state index contributed by atoms with van der Waals surface area (Å²) in [5.74, 6) is 1.91. The summed E-state index contributed by atoms with van der Waals surface area (Å²) in [4.78, 5) is 0. The maximum Gasteiger partial charge on any atom is 0.248 e. The minimum atomic E-state index is 0.467. The van der Waals surface area contributed by atoms with E-state index in [0.29, 0.717) is 23.6 Å². The van der Waals surface area contributed by atoms with Crippen molar-refractivity contribution in [2.24, 2.45) is 0 Å². The summed E-state index contributed by atoms with van der Waals surface area (Å²) in [6, 6.07) is 73.8. The zero-order valence-electron chi connectivity index (χ0n) is 35.7. The molecule has 0 aliphatic carbocycles. The molecule has 314 valence electrons. The molecule has 0 spiro atoms. The highest BCUT2D eigenvalue weighted by atomic mass is 16.4. The summed E-state index contributed by atoms with van der Waals surface area (Å²) in [5, 5.41) is 24.7. The number of fused-ring (bicyclic) bond motifs is 12. The van der Waals surface area contributed by atoms with Crippen molar-refractivity contribution in [2.75, 3.05) is 0 Å². The predicted molar refractivity (Wildman–Crippen MR) is 267 cm³/mol. The Labute approximate surface area is 382 Å². The summed E-state index contributed by atoms with van der Waals surface area (Å²) in [5.41, 5.74) is 13.3. The fraction of sp³-hybridized carbons (Fsp3) is 0. The van der Waals surface area contributed by atoms with E-state index in [1.54, 1.807) is 0 Å². The van der Waals surface area contributed by atoms with Gasteiger partial charge in [0.1, 0.15) is 0 Å². The van der Waals surface area contributed by atoms with Gasteiger partial charge in [0.25, 0.3) is 0 Å². The van der Waals surface area contributed by atoms with Crippen LogP contribution in [0.3, 0.4) is 0 Å². The second-order valence-electron chi connectivity index (χ2n) is 16.7. The third kappa shape index (κ3) is 5.61. The van der Waals surface area contributed by atoms with E-state index in [4.69, 9.17) is 8.83 Å². The van der Waals surface area contributed by atoms with Crippen molar-refractivity contribution in [3.05, 3.63) is 212 Å². The quantitative estimate of drug-likeness (QED) is 0.158. The molecule has 14 rings (SSSR count). The van der Waals surface area contributed by atoms with Gasteiger partial charge in [-0.05, 0) is 103 Å². The lowest BCUT2D eigenvalue weighted by Gasteiger charge is -2.14. The van der Waals surface area contributed by atoms with Crippen molar-refractivity contribution in [3.8, 4) is 62.9 Å². The molecular weight excluding hydrogens is 827 g/mol. The maximum absolute atomic E-state index is 6.22. The first-order valence-corrected chi connectivity index (χ1v) is 22.2. The lowest BCUT2D eigenvalue weighted by atomic mass is 10.0. The SMILES string of the molecule is c1ccc(-c2nnc(-c3ccc(-n4c5ccccc5c5c6c(c7ccccc7n6-c6ccccc6)c6c(c7ccccc7n6-c6ccc(-c7nnc(-c8ccccc8)o7)cc6)c54)cc3)o2)cc1. The molecule has 0 amide bonds. The number of para-hydroxylation sites is 4. The molecule has 0 bridgehead atoms. The maximum atomic E-state index is 6.22. The summed E-state index contributed by atoms with van der Waals surface area (Å²) in [6.45, 7) is 0. The van der Waals surface area contributed by atoms with E-state index < -0.39 is 0 Å². The molecule has 67 heavy (non-hydrogen) atoms. The molecule has 0 aliphatic heterocycles. The number of nitrogens with zero attached hydrogens (tertiary/aromatic N) is 7. The number of aromatic nitrogens is 7. The lowest BCUT2D eigenvalue weighted by molar-refractivity contribution is 0.584. The first-order chi connectivity index (χ1) is 33.3. The van der Waals surface area contributed by atoms with Crippen molar-refractivity contribution in [1.82, 2.24) is 34.1 Å². The molecule has 0 aliphatic rings. The Hall–Kier alpha value is -9.34. The third-order valence-corrected chi connectivity index (χ3v) is 13.0. The lowest BCUT2D eigenvalue weighted by Crippen LogP contribution is -1.98. The van der Waals surface area contributed by atoms with Crippen molar-refractivity contribution in [3.63, 3.8) is 0 Å². The van der Waals surface area contributed by atoms with Gasteiger partial charge in [-0.3, -0.25) is 0 Å². The van der Waals surface area contributed by atoms with Crippen LogP contribution < -0.4 is 0 Å². The fourth-order valence-corrected chi connectivity index (χ4v) is 10.1. The van der Waals surface area contributed by atoms with E-state index in [1.165, 1.54) is 16.2 Å². The van der Waals surface area contributed by atoms with Gasteiger partial charge in [0.05, 0.1) is 33.1 Å². The van der Waals surface area contributed by atoms with Crippen molar-refractivity contribution in [1.29, 1.82) is 0 Å². The van der Waals surface area contributed by atoms with Gasteiger partial charge in [-0.25, -0.2) is 0 Å². The molecule has 9 aromatic carbocycles. The van der Waals surface area contributed by atoms with E-state index in [1.807, 2.05) is 60.7 Å². The molecule has 9 nitrogen and oxygen atoms in total. The van der Waals surface area contributed by atoms with E-state index in [-0.39, 0.29) is 0 Å². The summed E-state index contributed by atoms with van der Waals surface area (Å²) in [6.07, 6.45) is 0. The Morgan fingerprint density at radius 3 is 0.866 bits per heavy atom. The minimum absolute atomic E-state index is 0.467. The standard InChI is InChI=1S/C58H35N7O2/c1-4-16-36(17-5-1)55-59-61-57(66-55)38-28-32-41(33-29-38)64-47-26-14-11-23-44(47)50-52-49(43-22-10-13-25-46(43)63(52)40-20-8-3-9-21-40)53-51(54(50)64)45-24-12-15-27-48(45)65(53)42-34-30-39(31-35-42)58-62-60-56(67-58)37-18-6-2-7-19-37/h1-35H. The van der Waals surface area contributed by atoms with Gasteiger partial charge in [0.15, 0.2) is 0 Å². The van der Waals surface area contributed by atoms with E-state index in [0.717, 1.165) is 88.6 Å². The molecule has 14 aromatic rings. The van der Waals surface area contributed by atoms with Gasteiger partial charge >= 0.3 is 0 Å². The number of rotatable bonds is 7. The smallest absolute Gasteiger partial charge is 0.248 e. The third-order valence-electron chi connectivity index (χ3n) is 13.0. The molecule has 5 heterocycles. The van der Waals surface area contributed by atoms with Crippen molar-refractivity contribution in [2.45, 2.75) is 0 Å². The Kier molecular flexibility index (Phi) is 8.08. The molecule has 0 radical (unpaired) electrons. The topological polar surface area (TPSA) is 92.6 Å². The summed E-state index contributed by atoms with van der Waals surface area (Å²) >= 11 is 0. The Bertz CT molecular complexity index is 4030. The van der Waals surface area contributed by atoms with Gasteiger partial charge in [-0.1, -0.05) is 109 Å². The van der Waals surface area contributed by atoms with Crippen molar-refractivity contribution < 1.29 is 8.83 Å². The number of benzene rings is 9. The Morgan fingerprint density at radius 1 is 0.254 bits per heavy atom. The van der Waals surface area contributed by atoms with Gasteiger partial charge in [0.2, 0.25) is 23.6 Å². The first kappa shape index (κ1) is 37.1. The van der Waals surface area contributed by atoms with Crippen LogP contribution in [0, 0.1) is 0 Å². The van der Waals surface area contributed by atoms with E-state index >= 15 is 0 Å². The Balaban J connectivity index is 1.07. The van der Waals surface area contributed by atoms with Crippen LogP contribution in [0.2, 0.25) is 0 Å². The average Bonchev–Trinajstić information content (AvgIpc) is 4.25. The highest BCUT2D eigenvalue weighted by Gasteiger charge is 2.29. The Morgan fingerprint density at radius 2 is 0.522 bits per heavy atom. The molecule has 0 fully saturated rings. The minimum Gasteiger partial charge on any atom is -0.416 e. The van der Waals surface area contributed by atoms with Crippen LogP contribution in [0.4, 0.5) is 0 Å². The van der Waals surface area contributed by atoms with Gasteiger partial charge in [0, 0.05) is 71.6 Å². The molecule has 0 N–H and O–H groups in total. The fourth-order valence-electron chi connectivity index (χ4n) is 10.1. The number of hydrogen-bond acceptors (Lipinski definition) is 6. The first-order valence-electron chi connectivity index (χ1n) is 22.2. The molecule has 9 heteroatoms. The molecule has 0 saturated carbocycles. The largest absolute Gasteiger partial charge is 0.416 e.